The minimum absolute atomic E-state index is 0.0141. The van der Waals surface area contributed by atoms with Crippen LogP contribution in [0, 0.1) is 11.3 Å². The monoisotopic (exact) mass is 341 g/mol. The maximum absolute atomic E-state index is 12.1. The number of ether oxygens (including phenoxy) is 1. The maximum atomic E-state index is 12.1. The first-order valence-electron chi connectivity index (χ1n) is 7.16. The van der Waals surface area contributed by atoms with Crippen LogP contribution in [-0.2, 0) is 11.3 Å². The van der Waals surface area contributed by atoms with Crippen LogP contribution in [0.2, 0.25) is 5.02 Å². The van der Waals surface area contributed by atoms with Gasteiger partial charge in [0.25, 0.3) is 5.91 Å². The number of methoxy groups -OCH3 is 1. The second kappa shape index (κ2) is 8.61. The molecule has 1 amide bonds. The van der Waals surface area contributed by atoms with E-state index in [9.17, 15) is 4.79 Å². The van der Waals surface area contributed by atoms with Crippen LogP contribution < -0.4 is 15.4 Å². The van der Waals surface area contributed by atoms with E-state index in [1.807, 2.05) is 18.2 Å². The molecule has 122 valence electrons. The molecule has 0 saturated heterocycles. The number of nitrogens with one attached hydrogen (secondary N) is 2. The summed E-state index contributed by atoms with van der Waals surface area (Å²) >= 11 is 5.82. The normalized spacial score (nSPS) is 10.6. The van der Waals surface area contributed by atoms with Gasteiger partial charge in [-0.1, -0.05) is 23.7 Å². The van der Waals surface area contributed by atoms with Crippen LogP contribution in [0.25, 0.3) is 0 Å². The first-order valence-corrected chi connectivity index (χ1v) is 7.53. The van der Waals surface area contributed by atoms with Gasteiger partial charge in [0.05, 0.1) is 7.11 Å². The minimum Gasteiger partial charge on any atom is -0.497 e. The third kappa shape index (κ3) is 5.04. The summed E-state index contributed by atoms with van der Waals surface area (Å²) in [4.78, 5) is 12.1. The Morgan fingerprint density at radius 1 is 1.21 bits per heavy atom. The molecule has 2 N–H and O–H groups in total. The molecule has 0 aromatic heterocycles. The molecule has 0 aliphatic heterocycles. The smallest absolute Gasteiger partial charge is 0.267 e. The molecule has 2 aromatic rings. The number of carbonyl (C=O) groups is 1. The van der Waals surface area contributed by atoms with E-state index in [-0.39, 0.29) is 5.57 Å². The number of hydrogen-bond acceptors (Lipinski definition) is 4. The molecule has 0 bridgehead atoms. The van der Waals surface area contributed by atoms with Crippen LogP contribution in [-0.4, -0.2) is 13.0 Å². The number of anilines is 1. The van der Waals surface area contributed by atoms with Crippen molar-refractivity contribution in [1.82, 2.24) is 5.32 Å². The van der Waals surface area contributed by atoms with Gasteiger partial charge < -0.3 is 15.4 Å². The largest absolute Gasteiger partial charge is 0.497 e. The lowest BCUT2D eigenvalue weighted by Gasteiger charge is -2.06. The van der Waals surface area contributed by atoms with Gasteiger partial charge in [0.2, 0.25) is 0 Å². The second-order valence-corrected chi connectivity index (χ2v) is 5.30. The van der Waals surface area contributed by atoms with Gasteiger partial charge in [0.1, 0.15) is 17.4 Å². The Morgan fingerprint density at radius 3 is 2.46 bits per heavy atom. The van der Waals surface area contributed by atoms with Gasteiger partial charge in [-0.15, -0.1) is 0 Å². The lowest BCUT2D eigenvalue weighted by atomic mass is 10.2. The van der Waals surface area contributed by atoms with E-state index in [0.717, 1.165) is 5.56 Å². The fourth-order valence-corrected chi connectivity index (χ4v) is 2.02. The van der Waals surface area contributed by atoms with Crippen LogP contribution in [0.5, 0.6) is 5.75 Å². The lowest BCUT2D eigenvalue weighted by Crippen LogP contribution is -2.16. The quantitative estimate of drug-likeness (QED) is 0.623. The molecule has 0 aliphatic carbocycles. The van der Waals surface area contributed by atoms with E-state index in [2.05, 4.69) is 10.6 Å². The van der Waals surface area contributed by atoms with E-state index in [1.54, 1.807) is 43.5 Å². The molecule has 24 heavy (non-hydrogen) atoms. The van der Waals surface area contributed by atoms with Crippen molar-refractivity contribution in [2.75, 3.05) is 12.4 Å². The van der Waals surface area contributed by atoms with Crippen LogP contribution in [0.3, 0.4) is 0 Å². The first kappa shape index (κ1) is 17.4. The zero-order valence-electron chi connectivity index (χ0n) is 13.0. The van der Waals surface area contributed by atoms with Crippen molar-refractivity contribution in [2.24, 2.45) is 0 Å². The molecule has 0 aliphatic rings. The van der Waals surface area contributed by atoms with Crippen LogP contribution in [0.1, 0.15) is 5.56 Å². The van der Waals surface area contributed by atoms with Crippen molar-refractivity contribution in [3.63, 3.8) is 0 Å². The molecule has 0 radical (unpaired) electrons. The van der Waals surface area contributed by atoms with E-state index in [4.69, 9.17) is 21.6 Å². The third-order valence-corrected chi connectivity index (χ3v) is 3.43. The van der Waals surface area contributed by atoms with Gasteiger partial charge in [-0.2, -0.15) is 5.26 Å². The zero-order chi connectivity index (χ0) is 17.4. The van der Waals surface area contributed by atoms with Crippen molar-refractivity contribution in [2.45, 2.75) is 6.54 Å². The predicted octanol–water partition coefficient (Wildman–Crippen LogP) is 3.48. The van der Waals surface area contributed by atoms with Gasteiger partial charge in [0, 0.05) is 23.5 Å². The summed E-state index contributed by atoms with van der Waals surface area (Å²) in [6, 6.07) is 16.0. The molecule has 6 heteroatoms. The average molecular weight is 342 g/mol. The van der Waals surface area contributed by atoms with Crippen LogP contribution >= 0.6 is 11.6 Å². The van der Waals surface area contributed by atoms with Gasteiger partial charge >= 0.3 is 0 Å². The van der Waals surface area contributed by atoms with Gasteiger partial charge in [0.15, 0.2) is 0 Å². The predicted molar refractivity (Wildman–Crippen MR) is 93.6 cm³/mol. The fourth-order valence-electron chi connectivity index (χ4n) is 1.89. The Balaban J connectivity index is 1.94. The number of halogens is 1. The van der Waals surface area contributed by atoms with Crippen molar-refractivity contribution in [3.05, 3.63) is 70.9 Å². The highest BCUT2D eigenvalue weighted by Crippen LogP contribution is 2.15. The topological polar surface area (TPSA) is 74.1 Å². The lowest BCUT2D eigenvalue weighted by molar-refractivity contribution is -0.112. The minimum atomic E-state index is -0.480. The number of nitrogens with zero attached hydrogens (tertiary/aromatic N) is 1. The first-order chi connectivity index (χ1) is 11.6. The summed E-state index contributed by atoms with van der Waals surface area (Å²) < 4.78 is 5.05. The molecule has 0 atom stereocenters. The molecule has 0 spiro atoms. The van der Waals surface area contributed by atoms with Crippen molar-refractivity contribution in [1.29, 1.82) is 5.26 Å². The van der Waals surface area contributed by atoms with E-state index < -0.39 is 5.91 Å². The summed E-state index contributed by atoms with van der Waals surface area (Å²) in [5, 5.41) is 15.4. The van der Waals surface area contributed by atoms with Gasteiger partial charge in [-0.05, 0) is 42.0 Å². The summed E-state index contributed by atoms with van der Waals surface area (Å²) in [6.45, 7) is 0.484. The highest BCUT2D eigenvalue weighted by Gasteiger charge is 2.09. The molecule has 2 rings (SSSR count). The average Bonchev–Trinajstić information content (AvgIpc) is 2.61. The number of hydrogen-bond donors (Lipinski definition) is 2. The Bertz CT molecular complexity index is 762. The van der Waals surface area contributed by atoms with Gasteiger partial charge in [-0.25, -0.2) is 0 Å². The molecule has 2 aromatic carbocycles. The SMILES string of the molecule is COc1ccc(NC(=O)/C(C#N)=C\NCc2ccc(Cl)cc2)cc1. The Labute approximate surface area is 145 Å². The highest BCUT2D eigenvalue weighted by molar-refractivity contribution is 6.30. The summed E-state index contributed by atoms with van der Waals surface area (Å²) in [5.74, 6) is 0.208. The van der Waals surface area contributed by atoms with Crippen molar-refractivity contribution >= 4 is 23.2 Å². The molecular weight excluding hydrogens is 326 g/mol. The Hall–Kier alpha value is -2.97. The summed E-state index contributed by atoms with van der Waals surface area (Å²) in [5.41, 5.74) is 1.56. The fraction of sp³-hybridized carbons (Fsp3) is 0.111. The van der Waals surface area contributed by atoms with E-state index >= 15 is 0 Å². The molecule has 5 nitrogen and oxygen atoms in total. The Kier molecular flexibility index (Phi) is 6.23. The number of benzene rings is 2. The Morgan fingerprint density at radius 2 is 1.88 bits per heavy atom. The highest BCUT2D eigenvalue weighted by atomic mass is 35.5. The number of carbonyl (C=O) groups excluding carboxylic acids is 1. The molecule has 0 unspecified atom stereocenters. The standard InChI is InChI=1S/C18H16ClN3O2/c1-24-17-8-6-16(7-9-17)22-18(23)14(10-20)12-21-11-13-2-4-15(19)5-3-13/h2-9,12,21H,11H2,1H3,(H,22,23)/b14-12-. The molecule has 0 heterocycles. The van der Waals surface area contributed by atoms with Crippen LogP contribution in [0.4, 0.5) is 5.69 Å². The van der Waals surface area contributed by atoms with E-state index in [0.29, 0.717) is 23.0 Å². The summed E-state index contributed by atoms with van der Waals surface area (Å²) in [6.07, 6.45) is 1.40. The summed E-state index contributed by atoms with van der Waals surface area (Å²) in [7, 11) is 1.57. The second-order valence-electron chi connectivity index (χ2n) is 4.86. The third-order valence-electron chi connectivity index (χ3n) is 3.18. The number of rotatable bonds is 6. The van der Waals surface area contributed by atoms with Crippen molar-refractivity contribution in [3.8, 4) is 11.8 Å². The molecule has 0 saturated carbocycles. The van der Waals surface area contributed by atoms with Crippen molar-refractivity contribution < 1.29 is 9.53 Å². The zero-order valence-corrected chi connectivity index (χ0v) is 13.8. The van der Waals surface area contributed by atoms with Gasteiger partial charge in [-0.3, -0.25) is 4.79 Å². The van der Waals surface area contributed by atoms with E-state index in [1.165, 1.54) is 6.20 Å². The van der Waals surface area contributed by atoms with Crippen LogP contribution in [0.15, 0.2) is 60.3 Å². The molecule has 0 fully saturated rings. The number of amides is 1. The maximum Gasteiger partial charge on any atom is 0.267 e. The number of nitriles is 1. The molecular formula is C18H16ClN3O2.